The first-order chi connectivity index (χ1) is 11.9. The first-order valence-electron chi connectivity index (χ1n) is 8.40. The zero-order valence-electron chi connectivity index (χ0n) is 14.3. The molecule has 26 heavy (non-hydrogen) atoms. The van der Waals surface area contributed by atoms with Gasteiger partial charge in [0.15, 0.2) is 11.9 Å². The minimum atomic E-state index is -1.54. The van der Waals surface area contributed by atoms with Crippen LogP contribution in [0.1, 0.15) is 32.8 Å². The van der Waals surface area contributed by atoms with Gasteiger partial charge in [0, 0.05) is 30.8 Å². The average molecular weight is 365 g/mol. The molecule has 2 heterocycles. The number of nitrogens with zero attached hydrogens (tertiary/aromatic N) is 3. The lowest BCUT2D eigenvalue weighted by Gasteiger charge is -2.42. The molecular weight excluding hydrogens is 338 g/mol. The molecule has 0 bridgehead atoms. The zero-order chi connectivity index (χ0) is 18.0. The lowest BCUT2D eigenvalue weighted by Crippen LogP contribution is -3.08. The van der Waals surface area contributed by atoms with E-state index in [1.807, 2.05) is 6.92 Å². The van der Waals surface area contributed by atoms with Gasteiger partial charge in [0.25, 0.3) is 0 Å². The lowest BCUT2D eigenvalue weighted by molar-refractivity contribution is -0.813. The quantitative estimate of drug-likeness (QED) is 0.781. The maximum absolute atomic E-state index is 14.5. The van der Waals surface area contributed by atoms with Gasteiger partial charge >= 0.3 is 0 Å². The van der Waals surface area contributed by atoms with E-state index < -0.39 is 17.2 Å². The Morgan fingerprint density at radius 3 is 2.62 bits per heavy atom. The molecule has 1 aromatic rings. The second kappa shape index (κ2) is 8.16. The molecule has 2 aliphatic rings. The van der Waals surface area contributed by atoms with Crippen LogP contribution in [0.15, 0.2) is 40.4 Å². The van der Waals surface area contributed by atoms with Crippen molar-refractivity contribution in [3.8, 4) is 0 Å². The number of halogens is 2. The Morgan fingerprint density at radius 1 is 1.35 bits per heavy atom. The van der Waals surface area contributed by atoms with Crippen LogP contribution >= 0.6 is 0 Å². The van der Waals surface area contributed by atoms with Crippen molar-refractivity contribution in [2.24, 2.45) is 10.1 Å². The molecular formula is C19H27F2N4O+. The molecule has 7 heteroatoms. The summed E-state index contributed by atoms with van der Waals surface area (Å²) in [6, 6.07) is 2.92. The van der Waals surface area contributed by atoms with Crippen LogP contribution in [-0.2, 0) is 5.60 Å². The molecule has 0 aliphatic carbocycles. The van der Waals surface area contributed by atoms with Crippen molar-refractivity contribution in [2.45, 2.75) is 38.8 Å². The van der Waals surface area contributed by atoms with Gasteiger partial charge in [-0.1, -0.05) is 30.7 Å². The number of piperidine rings is 1. The number of quaternary nitrogens is 1. The Kier molecular flexibility index (Phi) is 6.39. The molecule has 142 valence electrons. The predicted octanol–water partition coefficient (Wildman–Crippen LogP) is 1.70. The molecule has 0 spiro atoms. The lowest BCUT2D eigenvalue weighted by atomic mass is 9.84. The van der Waals surface area contributed by atoms with Gasteiger partial charge in [-0.2, -0.15) is 10.0 Å². The van der Waals surface area contributed by atoms with E-state index in [1.165, 1.54) is 24.0 Å². The summed E-state index contributed by atoms with van der Waals surface area (Å²) >= 11 is 0. The second-order valence-electron chi connectivity index (χ2n) is 6.70. The topological polar surface area (TPSA) is 52.6 Å². The number of hydrogen-bond acceptors (Lipinski definition) is 4. The highest BCUT2D eigenvalue weighted by molar-refractivity contribution is 5.69. The smallest absolute Gasteiger partial charge is 0.216 e. The van der Waals surface area contributed by atoms with E-state index in [2.05, 4.69) is 21.6 Å². The van der Waals surface area contributed by atoms with Crippen molar-refractivity contribution in [3.05, 3.63) is 47.5 Å². The van der Waals surface area contributed by atoms with Crippen molar-refractivity contribution in [1.29, 1.82) is 0 Å². The SMILES string of the molecule is C.C=C1CCN([C@H](C)[C@](O)(C[NH+]2C=NC=N2)c2ccc(F)cc2F)CC1. The summed E-state index contributed by atoms with van der Waals surface area (Å²) in [4.78, 5) is 6.04. The normalized spacial score (nSPS) is 23.5. The fourth-order valence-electron chi connectivity index (χ4n) is 3.47. The van der Waals surface area contributed by atoms with Gasteiger partial charge < -0.3 is 5.11 Å². The van der Waals surface area contributed by atoms with Gasteiger partial charge in [0.2, 0.25) is 6.34 Å². The summed E-state index contributed by atoms with van der Waals surface area (Å²) in [6.07, 6.45) is 4.65. The maximum Gasteiger partial charge on any atom is 0.216 e. The van der Waals surface area contributed by atoms with Crippen molar-refractivity contribution >= 4 is 12.7 Å². The Morgan fingerprint density at radius 2 is 2.04 bits per heavy atom. The van der Waals surface area contributed by atoms with Crippen LogP contribution in [0, 0.1) is 11.6 Å². The summed E-state index contributed by atoms with van der Waals surface area (Å²) in [6.45, 7) is 7.47. The van der Waals surface area contributed by atoms with Gasteiger partial charge in [-0.3, -0.25) is 4.90 Å². The molecule has 0 aromatic heterocycles. The number of rotatable bonds is 5. The average Bonchev–Trinajstić information content (AvgIpc) is 3.07. The molecule has 0 radical (unpaired) electrons. The predicted molar refractivity (Wildman–Crippen MR) is 99.2 cm³/mol. The van der Waals surface area contributed by atoms with Gasteiger partial charge in [-0.15, -0.1) is 0 Å². The molecule has 1 unspecified atom stereocenters. The largest absolute Gasteiger partial charge is 0.377 e. The van der Waals surface area contributed by atoms with E-state index in [4.69, 9.17) is 0 Å². The van der Waals surface area contributed by atoms with Crippen molar-refractivity contribution in [3.63, 3.8) is 0 Å². The Labute approximate surface area is 153 Å². The van der Waals surface area contributed by atoms with Crippen LogP contribution in [0.5, 0.6) is 0 Å². The molecule has 1 aromatic carbocycles. The number of nitrogens with one attached hydrogen (secondary N) is 1. The van der Waals surface area contributed by atoms with Crippen molar-refractivity contribution in [1.82, 2.24) is 4.90 Å². The van der Waals surface area contributed by atoms with E-state index in [0.29, 0.717) is 5.01 Å². The molecule has 3 atom stereocenters. The van der Waals surface area contributed by atoms with Crippen LogP contribution in [-0.4, -0.2) is 48.4 Å². The fourth-order valence-corrected chi connectivity index (χ4v) is 3.47. The Hall–Kier alpha value is -1.96. The molecule has 0 saturated carbocycles. The molecule has 0 amide bonds. The molecule has 2 N–H and O–H groups in total. The molecule has 1 saturated heterocycles. The third-order valence-corrected chi connectivity index (χ3v) is 5.11. The monoisotopic (exact) mass is 365 g/mol. The van der Waals surface area contributed by atoms with Gasteiger partial charge in [-0.05, 0) is 25.8 Å². The highest BCUT2D eigenvalue weighted by Crippen LogP contribution is 2.32. The number of likely N-dealkylation sites (tertiary alicyclic amines) is 1. The van der Waals surface area contributed by atoms with Gasteiger partial charge in [0.05, 0.1) is 0 Å². The summed E-state index contributed by atoms with van der Waals surface area (Å²) in [5, 5.41) is 16.2. The summed E-state index contributed by atoms with van der Waals surface area (Å²) in [5.41, 5.74) is -0.282. The standard InChI is InChI=1S/C18H22F2N4O.CH4/c1-13-5-7-23(8-6-13)14(2)18(25,10-24-12-21-11-22-24)16-4-3-15(19)9-17(16)20;/h3-4,9,11-12,14,25H,1,5-8,10H2,2H3;1H4/p+1/t14-,18-;/m1./s1. The number of hydrogen-bond donors (Lipinski definition) is 2. The van der Waals surface area contributed by atoms with E-state index in [9.17, 15) is 13.9 Å². The summed E-state index contributed by atoms with van der Waals surface area (Å²) in [7, 11) is 0. The minimum absolute atomic E-state index is 0. The maximum atomic E-state index is 14.5. The van der Waals surface area contributed by atoms with Crippen LogP contribution in [0.2, 0.25) is 0 Å². The van der Waals surface area contributed by atoms with Gasteiger partial charge in [-0.25, -0.2) is 8.78 Å². The van der Waals surface area contributed by atoms with Crippen LogP contribution < -0.4 is 5.01 Å². The van der Waals surface area contributed by atoms with E-state index >= 15 is 0 Å². The molecule has 1 fully saturated rings. The Balaban J connectivity index is 0.00000243. The third-order valence-electron chi connectivity index (χ3n) is 5.11. The van der Waals surface area contributed by atoms with Crippen LogP contribution in [0.4, 0.5) is 8.78 Å². The first kappa shape index (κ1) is 20.4. The highest BCUT2D eigenvalue weighted by Gasteiger charge is 2.45. The molecule has 5 nitrogen and oxygen atoms in total. The first-order valence-corrected chi connectivity index (χ1v) is 8.40. The molecule has 2 aliphatic heterocycles. The van der Waals surface area contributed by atoms with Gasteiger partial charge in [0.1, 0.15) is 18.2 Å². The number of benzene rings is 1. The highest BCUT2D eigenvalue weighted by atomic mass is 19.1. The Bertz CT molecular complexity index is 699. The van der Waals surface area contributed by atoms with Crippen LogP contribution in [0.25, 0.3) is 0 Å². The van der Waals surface area contributed by atoms with Crippen molar-refractivity contribution < 1.29 is 18.9 Å². The summed E-state index contributed by atoms with van der Waals surface area (Å²) in [5.74, 6) is -1.42. The number of aliphatic imine (C=N–C) groups is 1. The molecule has 3 rings (SSSR count). The minimum Gasteiger partial charge on any atom is -0.377 e. The third kappa shape index (κ3) is 4.06. The zero-order valence-corrected chi connectivity index (χ0v) is 14.3. The number of aliphatic hydroxyl groups is 1. The van der Waals surface area contributed by atoms with E-state index in [1.54, 1.807) is 6.34 Å². The summed E-state index contributed by atoms with van der Waals surface area (Å²) < 4.78 is 27.8. The van der Waals surface area contributed by atoms with E-state index in [0.717, 1.165) is 32.0 Å². The van der Waals surface area contributed by atoms with Crippen molar-refractivity contribution in [2.75, 3.05) is 19.6 Å². The van der Waals surface area contributed by atoms with E-state index in [-0.39, 0.29) is 25.6 Å². The fraction of sp³-hybridized carbons (Fsp3) is 0.474. The van der Waals surface area contributed by atoms with Crippen LogP contribution in [0.3, 0.4) is 0 Å². The second-order valence-corrected chi connectivity index (χ2v) is 6.70.